The maximum absolute atomic E-state index is 14.0. The summed E-state index contributed by atoms with van der Waals surface area (Å²) in [6.07, 6.45) is 3.38. The SMILES string of the molecule is CCNC(c1cc2c(s1)CCC2)c1c(F)cccc1F. The second-order valence-corrected chi connectivity index (χ2v) is 6.25. The topological polar surface area (TPSA) is 12.0 Å². The van der Waals surface area contributed by atoms with E-state index in [1.165, 1.54) is 35.1 Å². The second-order valence-electron chi connectivity index (χ2n) is 5.08. The van der Waals surface area contributed by atoms with Crippen molar-refractivity contribution in [1.82, 2.24) is 5.32 Å². The fraction of sp³-hybridized carbons (Fsp3) is 0.375. The van der Waals surface area contributed by atoms with Gasteiger partial charge >= 0.3 is 0 Å². The van der Waals surface area contributed by atoms with Crippen LogP contribution in [0.3, 0.4) is 0 Å². The molecular formula is C16H17F2NS. The van der Waals surface area contributed by atoms with E-state index in [0.29, 0.717) is 6.54 Å². The molecule has 4 heteroatoms. The van der Waals surface area contributed by atoms with Crippen LogP contribution in [0.25, 0.3) is 0 Å². The van der Waals surface area contributed by atoms with Crippen LogP contribution in [0.5, 0.6) is 0 Å². The minimum atomic E-state index is -0.482. The maximum Gasteiger partial charge on any atom is 0.131 e. The normalized spacial score (nSPS) is 15.3. The summed E-state index contributed by atoms with van der Waals surface area (Å²) >= 11 is 1.69. The van der Waals surface area contributed by atoms with Crippen LogP contribution in [0.1, 0.15) is 40.3 Å². The molecule has 2 aromatic rings. The Labute approximate surface area is 121 Å². The summed E-state index contributed by atoms with van der Waals surface area (Å²) in [5.74, 6) is -0.964. The lowest BCUT2D eigenvalue weighted by Crippen LogP contribution is -2.23. The van der Waals surface area contributed by atoms with Gasteiger partial charge in [0.05, 0.1) is 6.04 Å². The summed E-state index contributed by atoms with van der Waals surface area (Å²) in [6.45, 7) is 2.62. The van der Waals surface area contributed by atoms with Gasteiger partial charge in [-0.15, -0.1) is 11.3 Å². The number of fused-ring (bicyclic) bond motifs is 1. The highest BCUT2D eigenvalue weighted by Gasteiger charge is 2.25. The fourth-order valence-electron chi connectivity index (χ4n) is 2.83. The molecule has 0 amide bonds. The number of benzene rings is 1. The van der Waals surface area contributed by atoms with Gasteiger partial charge in [0.1, 0.15) is 11.6 Å². The molecule has 0 saturated carbocycles. The summed E-state index contributed by atoms with van der Waals surface area (Å²) in [5, 5.41) is 3.22. The first-order valence-electron chi connectivity index (χ1n) is 6.99. The molecule has 1 atom stereocenters. The lowest BCUT2D eigenvalue weighted by molar-refractivity contribution is 0.513. The largest absolute Gasteiger partial charge is 0.306 e. The van der Waals surface area contributed by atoms with Gasteiger partial charge in [-0.1, -0.05) is 13.0 Å². The van der Waals surface area contributed by atoms with Gasteiger partial charge < -0.3 is 5.32 Å². The minimum absolute atomic E-state index is 0.134. The van der Waals surface area contributed by atoms with Crippen LogP contribution in [-0.4, -0.2) is 6.54 Å². The van der Waals surface area contributed by atoms with Gasteiger partial charge in [-0.3, -0.25) is 0 Å². The molecule has 20 heavy (non-hydrogen) atoms. The second kappa shape index (κ2) is 5.62. The summed E-state index contributed by atoms with van der Waals surface area (Å²) < 4.78 is 28.1. The molecule has 3 rings (SSSR count). The molecular weight excluding hydrogens is 276 g/mol. The smallest absolute Gasteiger partial charge is 0.131 e. The lowest BCUT2D eigenvalue weighted by atomic mass is 10.0. The van der Waals surface area contributed by atoms with Gasteiger partial charge in [-0.05, 0) is 49.6 Å². The van der Waals surface area contributed by atoms with Crippen molar-refractivity contribution in [1.29, 1.82) is 0 Å². The average molecular weight is 293 g/mol. The molecule has 1 aromatic heterocycles. The van der Waals surface area contributed by atoms with Crippen molar-refractivity contribution < 1.29 is 8.78 Å². The molecule has 0 spiro atoms. The van der Waals surface area contributed by atoms with Crippen molar-refractivity contribution in [2.24, 2.45) is 0 Å². The predicted molar refractivity (Wildman–Crippen MR) is 78.2 cm³/mol. The third-order valence-electron chi connectivity index (χ3n) is 3.75. The molecule has 1 nitrogen and oxygen atoms in total. The summed E-state index contributed by atoms with van der Waals surface area (Å²) in [4.78, 5) is 2.39. The van der Waals surface area contributed by atoms with E-state index in [0.717, 1.165) is 17.7 Å². The van der Waals surface area contributed by atoms with Crippen LogP contribution in [0, 0.1) is 11.6 Å². The highest BCUT2D eigenvalue weighted by atomic mass is 32.1. The quantitative estimate of drug-likeness (QED) is 0.890. The van der Waals surface area contributed by atoms with Gasteiger partial charge in [-0.25, -0.2) is 8.78 Å². The zero-order chi connectivity index (χ0) is 14.1. The molecule has 106 valence electrons. The Morgan fingerprint density at radius 1 is 1.25 bits per heavy atom. The van der Waals surface area contributed by atoms with Gasteiger partial charge in [0, 0.05) is 15.3 Å². The first-order valence-corrected chi connectivity index (χ1v) is 7.81. The monoisotopic (exact) mass is 293 g/mol. The summed E-state index contributed by atoms with van der Waals surface area (Å²) in [5.41, 5.74) is 1.49. The van der Waals surface area contributed by atoms with E-state index in [1.807, 2.05) is 6.92 Å². The molecule has 1 aliphatic carbocycles. The first-order chi connectivity index (χ1) is 9.70. The van der Waals surface area contributed by atoms with Gasteiger partial charge in [0.15, 0.2) is 0 Å². The van der Waals surface area contributed by atoms with Gasteiger partial charge in [-0.2, -0.15) is 0 Å². The molecule has 0 bridgehead atoms. The molecule has 0 radical (unpaired) electrons. The zero-order valence-electron chi connectivity index (χ0n) is 11.4. The number of thiophene rings is 1. The highest BCUT2D eigenvalue weighted by molar-refractivity contribution is 7.12. The van der Waals surface area contributed by atoms with Gasteiger partial charge in [0.2, 0.25) is 0 Å². The predicted octanol–water partition coefficient (Wildman–Crippen LogP) is 4.21. The Kier molecular flexibility index (Phi) is 3.85. The average Bonchev–Trinajstić information content (AvgIpc) is 2.98. The Morgan fingerprint density at radius 3 is 2.65 bits per heavy atom. The highest BCUT2D eigenvalue weighted by Crippen LogP contribution is 2.37. The number of rotatable bonds is 4. The molecule has 1 N–H and O–H groups in total. The molecule has 0 fully saturated rings. The Bertz CT molecular complexity index is 579. The lowest BCUT2D eigenvalue weighted by Gasteiger charge is -2.18. The summed E-state index contributed by atoms with van der Waals surface area (Å²) in [7, 11) is 0. The van der Waals surface area contributed by atoms with E-state index < -0.39 is 17.7 Å². The first kappa shape index (κ1) is 13.7. The Balaban J connectivity index is 2.04. The van der Waals surface area contributed by atoms with E-state index in [2.05, 4.69) is 11.4 Å². The number of halogens is 2. The third-order valence-corrected chi connectivity index (χ3v) is 5.05. The molecule has 0 saturated heterocycles. The molecule has 0 aliphatic heterocycles. The van der Waals surface area contributed by atoms with Crippen molar-refractivity contribution in [3.05, 3.63) is 56.8 Å². The standard InChI is InChI=1S/C16H17F2NS/c1-2-19-16(15-11(17)6-4-7-12(15)18)14-9-10-5-3-8-13(10)20-14/h4,6-7,9,16,19H,2-3,5,8H2,1H3. The number of hydrogen-bond donors (Lipinski definition) is 1. The Morgan fingerprint density at radius 2 is 2.00 bits per heavy atom. The van der Waals surface area contributed by atoms with E-state index in [1.54, 1.807) is 11.3 Å². The van der Waals surface area contributed by atoms with Crippen LogP contribution in [-0.2, 0) is 12.8 Å². The molecule has 1 aliphatic rings. The third kappa shape index (κ3) is 2.38. The van der Waals surface area contributed by atoms with Crippen molar-refractivity contribution in [3.63, 3.8) is 0 Å². The molecule has 1 heterocycles. The maximum atomic E-state index is 14.0. The van der Waals surface area contributed by atoms with E-state index in [9.17, 15) is 8.78 Å². The van der Waals surface area contributed by atoms with Crippen LogP contribution in [0.2, 0.25) is 0 Å². The van der Waals surface area contributed by atoms with Crippen molar-refractivity contribution in [2.75, 3.05) is 6.54 Å². The molecule has 1 unspecified atom stereocenters. The van der Waals surface area contributed by atoms with Crippen LogP contribution in [0.15, 0.2) is 24.3 Å². The Hall–Kier alpha value is -1.26. The fourth-order valence-corrected chi connectivity index (χ4v) is 4.17. The number of nitrogens with one attached hydrogen (secondary N) is 1. The van der Waals surface area contributed by atoms with E-state index >= 15 is 0 Å². The van der Waals surface area contributed by atoms with Crippen LogP contribution >= 0.6 is 11.3 Å². The van der Waals surface area contributed by atoms with Crippen molar-refractivity contribution in [3.8, 4) is 0 Å². The van der Waals surface area contributed by atoms with Crippen molar-refractivity contribution >= 4 is 11.3 Å². The number of hydrogen-bond acceptors (Lipinski definition) is 2. The zero-order valence-corrected chi connectivity index (χ0v) is 12.2. The van der Waals surface area contributed by atoms with Gasteiger partial charge in [0.25, 0.3) is 0 Å². The minimum Gasteiger partial charge on any atom is -0.306 e. The van der Waals surface area contributed by atoms with E-state index in [-0.39, 0.29) is 5.56 Å². The molecule has 1 aromatic carbocycles. The summed E-state index contributed by atoms with van der Waals surface area (Å²) in [6, 6.07) is 5.78. The van der Waals surface area contributed by atoms with Crippen molar-refractivity contribution in [2.45, 2.75) is 32.2 Å². The number of aryl methyl sites for hydroxylation is 2. The van der Waals surface area contributed by atoms with Crippen LogP contribution in [0.4, 0.5) is 8.78 Å². The van der Waals surface area contributed by atoms with E-state index in [4.69, 9.17) is 0 Å². The van der Waals surface area contributed by atoms with Crippen LogP contribution < -0.4 is 5.32 Å².